The Kier molecular flexibility index (Phi) is 8.93. The maximum Gasteiger partial charge on any atom is 0.376 e. The maximum atomic E-state index is 13.4. The fourth-order valence-corrected chi connectivity index (χ4v) is 5.41. The van der Waals surface area contributed by atoms with E-state index >= 15 is 0 Å². The number of esters is 2. The molecule has 1 fully saturated rings. The second-order valence-electron chi connectivity index (χ2n) is 10.3. The van der Waals surface area contributed by atoms with Crippen LogP contribution in [0.3, 0.4) is 0 Å². The number of hydrogen-bond donors (Lipinski definition) is 0. The van der Waals surface area contributed by atoms with Gasteiger partial charge >= 0.3 is 11.9 Å². The second-order valence-corrected chi connectivity index (χ2v) is 10.3. The minimum Gasteiger partial charge on any atom is -0.493 e. The molecule has 4 aromatic rings. The number of rotatable bonds is 9. The van der Waals surface area contributed by atoms with E-state index in [1.807, 2.05) is 71.6 Å². The van der Waals surface area contributed by atoms with Crippen molar-refractivity contribution in [3.63, 3.8) is 0 Å². The van der Waals surface area contributed by atoms with Crippen LogP contribution in [0, 0.1) is 0 Å². The van der Waals surface area contributed by atoms with E-state index in [4.69, 9.17) is 24.0 Å². The maximum absolute atomic E-state index is 13.4. The zero-order valence-corrected chi connectivity index (χ0v) is 25.2. The Hall–Kier alpha value is -5.35. The molecule has 0 aliphatic carbocycles. The molecule has 230 valence electrons. The molecule has 0 spiro atoms. The van der Waals surface area contributed by atoms with Gasteiger partial charge in [0.15, 0.2) is 17.7 Å². The number of benzene rings is 4. The van der Waals surface area contributed by atoms with Gasteiger partial charge in [0.1, 0.15) is 0 Å². The Labute approximate surface area is 262 Å². The summed E-state index contributed by atoms with van der Waals surface area (Å²) < 4.78 is 22.4. The molecule has 10 heteroatoms. The number of carbonyl (C=O) groups is 2. The molecule has 10 nitrogen and oxygen atoms in total. The number of ether oxygens (including phenoxy) is 4. The molecule has 0 N–H and O–H groups in total. The van der Waals surface area contributed by atoms with Crippen molar-refractivity contribution in [3.8, 4) is 11.5 Å². The van der Waals surface area contributed by atoms with Crippen LogP contribution in [0.15, 0.2) is 108 Å². The van der Waals surface area contributed by atoms with Crippen LogP contribution in [0.4, 0.5) is 17.1 Å². The minimum absolute atomic E-state index is 0.142. The largest absolute Gasteiger partial charge is 0.493 e. The third-order valence-corrected chi connectivity index (χ3v) is 7.59. The Bertz CT molecular complexity index is 1660. The summed E-state index contributed by atoms with van der Waals surface area (Å²) in [6.07, 6.45) is -0.603. The summed E-state index contributed by atoms with van der Waals surface area (Å²) in [7, 11) is 1.52. The van der Waals surface area contributed by atoms with Gasteiger partial charge in [0.25, 0.3) is 0 Å². The SMILES string of the molecule is CCOC(=O)C1=NN(c2ccccc2)[C@H](c2ccc(OC(=O)c3ccccc3)c(OC)c2)N1c1ccc(N2CCOCC2)cc1. The number of anilines is 3. The highest BCUT2D eigenvalue weighted by molar-refractivity contribution is 6.42. The first kappa shape index (κ1) is 29.7. The molecule has 1 atom stereocenters. The molecule has 1 saturated heterocycles. The molecule has 2 heterocycles. The number of amidine groups is 1. The topological polar surface area (TPSA) is 93.1 Å². The molecule has 2 aliphatic heterocycles. The number of hydrogen-bond acceptors (Lipinski definition) is 10. The first-order chi connectivity index (χ1) is 22.1. The summed E-state index contributed by atoms with van der Waals surface area (Å²) in [4.78, 5) is 30.4. The zero-order valence-electron chi connectivity index (χ0n) is 25.2. The van der Waals surface area contributed by atoms with Crippen LogP contribution in [0.2, 0.25) is 0 Å². The van der Waals surface area contributed by atoms with E-state index in [0.29, 0.717) is 24.5 Å². The average Bonchev–Trinajstić information content (AvgIpc) is 3.51. The predicted octanol–water partition coefficient (Wildman–Crippen LogP) is 5.65. The van der Waals surface area contributed by atoms with Crippen molar-refractivity contribution < 1.29 is 28.5 Å². The second kappa shape index (κ2) is 13.5. The fourth-order valence-electron chi connectivity index (χ4n) is 5.41. The quantitative estimate of drug-likeness (QED) is 0.177. The Morgan fingerprint density at radius 2 is 1.47 bits per heavy atom. The lowest BCUT2D eigenvalue weighted by molar-refractivity contribution is -0.135. The molecule has 2 aliphatic rings. The number of morpholine rings is 1. The van der Waals surface area contributed by atoms with Crippen molar-refractivity contribution in [2.75, 3.05) is 54.8 Å². The summed E-state index contributed by atoms with van der Waals surface area (Å²) in [6.45, 7) is 4.95. The van der Waals surface area contributed by atoms with Crippen molar-refractivity contribution in [2.24, 2.45) is 5.10 Å². The van der Waals surface area contributed by atoms with Gasteiger partial charge in [-0.2, -0.15) is 0 Å². The Morgan fingerprint density at radius 3 is 2.13 bits per heavy atom. The standard InChI is InChI=1S/C35H34N4O6/c1-3-44-35(41)32-36-39(29-12-8-5-9-13-29)33(38(32)28-17-15-27(16-18-28)37-20-22-43-23-21-37)26-14-19-30(31(24-26)42-2)45-34(40)25-10-6-4-7-11-25/h4-19,24,33H,3,20-23H2,1-2H3/t33-/m1/s1. The Morgan fingerprint density at radius 1 is 0.800 bits per heavy atom. The molecule has 0 amide bonds. The highest BCUT2D eigenvalue weighted by atomic mass is 16.6. The molecule has 0 unspecified atom stereocenters. The highest BCUT2D eigenvalue weighted by Gasteiger charge is 2.41. The van der Waals surface area contributed by atoms with Gasteiger partial charge in [0.05, 0.1) is 38.2 Å². The summed E-state index contributed by atoms with van der Waals surface area (Å²) in [5.74, 6) is -0.269. The lowest BCUT2D eigenvalue weighted by Crippen LogP contribution is -2.39. The normalized spacial score (nSPS) is 16.3. The van der Waals surface area contributed by atoms with Crippen LogP contribution < -0.4 is 24.3 Å². The Balaban J connectivity index is 1.41. The van der Waals surface area contributed by atoms with E-state index < -0.39 is 18.1 Å². The van der Waals surface area contributed by atoms with Gasteiger partial charge in [0.2, 0.25) is 5.84 Å². The summed E-state index contributed by atoms with van der Waals surface area (Å²) >= 11 is 0. The molecule has 0 aromatic heterocycles. The van der Waals surface area contributed by atoms with Crippen LogP contribution in [-0.2, 0) is 14.3 Å². The third-order valence-electron chi connectivity index (χ3n) is 7.59. The van der Waals surface area contributed by atoms with Crippen LogP contribution in [0.1, 0.15) is 29.0 Å². The molecule has 0 bridgehead atoms. The van der Waals surface area contributed by atoms with Crippen molar-refractivity contribution in [1.29, 1.82) is 0 Å². The smallest absolute Gasteiger partial charge is 0.376 e. The fraction of sp³-hybridized carbons (Fsp3) is 0.229. The number of carbonyl (C=O) groups excluding carboxylic acids is 2. The van der Waals surface area contributed by atoms with Gasteiger partial charge < -0.3 is 23.8 Å². The molecular formula is C35H34N4O6. The van der Waals surface area contributed by atoms with Gasteiger partial charge in [-0.3, -0.25) is 4.90 Å². The predicted molar refractivity (Wildman–Crippen MR) is 172 cm³/mol. The van der Waals surface area contributed by atoms with Crippen LogP contribution in [-0.4, -0.2) is 57.8 Å². The van der Waals surface area contributed by atoms with Crippen molar-refractivity contribution in [2.45, 2.75) is 13.1 Å². The number of nitrogens with zero attached hydrogens (tertiary/aromatic N) is 4. The molecule has 0 saturated carbocycles. The summed E-state index contributed by atoms with van der Waals surface area (Å²) in [5, 5.41) is 6.60. The van der Waals surface area contributed by atoms with Gasteiger partial charge in [0, 0.05) is 30.0 Å². The van der Waals surface area contributed by atoms with E-state index in [1.165, 1.54) is 7.11 Å². The van der Waals surface area contributed by atoms with Crippen LogP contribution in [0.5, 0.6) is 11.5 Å². The van der Waals surface area contributed by atoms with Gasteiger partial charge in [-0.05, 0) is 67.6 Å². The third kappa shape index (κ3) is 6.32. The van der Waals surface area contributed by atoms with E-state index in [0.717, 1.165) is 35.7 Å². The van der Waals surface area contributed by atoms with Crippen LogP contribution in [0.25, 0.3) is 0 Å². The molecule has 0 radical (unpaired) electrons. The lowest BCUT2D eigenvalue weighted by atomic mass is 10.1. The lowest BCUT2D eigenvalue weighted by Gasteiger charge is -2.33. The molecule has 45 heavy (non-hydrogen) atoms. The van der Waals surface area contributed by atoms with Crippen molar-refractivity contribution in [1.82, 2.24) is 0 Å². The van der Waals surface area contributed by atoms with Crippen molar-refractivity contribution >= 4 is 34.8 Å². The number of hydrazone groups is 1. The zero-order chi connectivity index (χ0) is 31.2. The van der Waals surface area contributed by atoms with Crippen LogP contribution >= 0.6 is 0 Å². The molecule has 4 aromatic carbocycles. The first-order valence-corrected chi connectivity index (χ1v) is 14.8. The summed E-state index contributed by atoms with van der Waals surface area (Å²) in [6, 6.07) is 31.8. The van der Waals surface area contributed by atoms with E-state index in [1.54, 1.807) is 48.3 Å². The van der Waals surface area contributed by atoms with Gasteiger partial charge in [-0.25, -0.2) is 14.6 Å². The average molecular weight is 607 g/mol. The minimum atomic E-state index is -0.603. The number of methoxy groups -OCH3 is 1. The summed E-state index contributed by atoms with van der Waals surface area (Å²) in [5.41, 5.74) is 3.76. The van der Waals surface area contributed by atoms with Gasteiger partial charge in [-0.1, -0.05) is 42.5 Å². The molecular weight excluding hydrogens is 572 g/mol. The van der Waals surface area contributed by atoms with Gasteiger partial charge in [-0.15, -0.1) is 5.10 Å². The molecule has 6 rings (SSSR count). The van der Waals surface area contributed by atoms with E-state index in [9.17, 15) is 9.59 Å². The first-order valence-electron chi connectivity index (χ1n) is 14.8. The van der Waals surface area contributed by atoms with E-state index in [2.05, 4.69) is 4.90 Å². The monoisotopic (exact) mass is 606 g/mol. The van der Waals surface area contributed by atoms with Crippen molar-refractivity contribution in [3.05, 3.63) is 114 Å². The number of para-hydroxylation sites is 1. The highest BCUT2D eigenvalue weighted by Crippen LogP contribution is 2.42. The van der Waals surface area contributed by atoms with E-state index in [-0.39, 0.29) is 18.2 Å².